The number of halogens is 4. The molecule has 0 aromatic carbocycles. The fourth-order valence-electron chi connectivity index (χ4n) is 1.34. The van der Waals surface area contributed by atoms with Gasteiger partial charge in [-0.3, -0.25) is 0 Å². The maximum Gasteiger partial charge on any atom is 0.340 e. The molecule has 0 atom stereocenters. The van der Waals surface area contributed by atoms with Crippen LogP contribution in [0.25, 0.3) is 0 Å². The average Bonchev–Trinajstić information content (AvgIpc) is 2.35. The minimum Gasteiger partial charge on any atom is -0.471 e. The summed E-state index contributed by atoms with van der Waals surface area (Å²) < 4.78 is 54.7. The average molecular weight is 309 g/mol. The second kappa shape index (κ2) is 6.44. The number of rotatable bonds is 6. The van der Waals surface area contributed by atoms with Gasteiger partial charge in [0.05, 0.1) is 0 Å². The summed E-state index contributed by atoms with van der Waals surface area (Å²) in [6.45, 7) is 6.50. The van der Waals surface area contributed by atoms with Crippen molar-refractivity contribution in [2.24, 2.45) is 0 Å². The Labute approximate surface area is 120 Å². The van der Waals surface area contributed by atoms with Crippen molar-refractivity contribution in [1.82, 2.24) is 9.97 Å². The zero-order valence-corrected chi connectivity index (χ0v) is 12.4. The minimum absolute atomic E-state index is 0.161. The summed E-state index contributed by atoms with van der Waals surface area (Å²) in [5, 5.41) is 2.91. The maximum atomic E-state index is 12.9. The highest BCUT2D eigenvalue weighted by atomic mass is 19.3. The minimum atomic E-state index is -4.22. The monoisotopic (exact) mass is 309 g/mol. The maximum absolute atomic E-state index is 12.9. The van der Waals surface area contributed by atoms with Gasteiger partial charge in [-0.2, -0.15) is 13.8 Å². The number of hydrogen-bond donors (Lipinski definition) is 1. The molecule has 0 saturated heterocycles. The first-order valence-electron chi connectivity index (χ1n) is 6.48. The second-order valence-electron chi connectivity index (χ2n) is 5.55. The summed E-state index contributed by atoms with van der Waals surface area (Å²) in [6, 6.07) is 1.31. The summed E-state index contributed by atoms with van der Waals surface area (Å²) >= 11 is 0. The van der Waals surface area contributed by atoms with E-state index in [1.807, 2.05) is 27.7 Å². The first kappa shape index (κ1) is 17.5. The lowest BCUT2D eigenvalue weighted by atomic mass is 9.96. The van der Waals surface area contributed by atoms with E-state index < -0.39 is 24.4 Å². The Morgan fingerprint density at radius 3 is 2.33 bits per heavy atom. The molecule has 8 heteroatoms. The van der Waals surface area contributed by atoms with Crippen molar-refractivity contribution in [3.05, 3.63) is 11.9 Å². The van der Waals surface area contributed by atoms with Crippen LogP contribution in [0.2, 0.25) is 0 Å². The standard InChI is InChI=1S/C13H19F4N3O/c1-5-18-8-6-9(20-11(19-8)12(2,3)4)21-7-13(16,17)10(14)15/h6,10H,5,7H2,1-4H3,(H,18,19,20). The number of anilines is 1. The number of alkyl halides is 4. The molecular formula is C13H19F4N3O. The molecule has 120 valence electrons. The van der Waals surface area contributed by atoms with E-state index >= 15 is 0 Å². The first-order chi connectivity index (χ1) is 9.56. The number of ether oxygens (including phenoxy) is 1. The van der Waals surface area contributed by atoms with Crippen molar-refractivity contribution in [3.63, 3.8) is 0 Å². The predicted molar refractivity (Wildman–Crippen MR) is 71.3 cm³/mol. The van der Waals surface area contributed by atoms with Crippen molar-refractivity contribution in [3.8, 4) is 5.88 Å². The van der Waals surface area contributed by atoms with Gasteiger partial charge in [-0.25, -0.2) is 13.8 Å². The molecule has 0 bridgehead atoms. The van der Waals surface area contributed by atoms with Crippen LogP contribution in [0.1, 0.15) is 33.5 Å². The lowest BCUT2D eigenvalue weighted by molar-refractivity contribution is -0.148. The Balaban J connectivity index is 2.98. The third-order valence-corrected chi connectivity index (χ3v) is 2.46. The number of nitrogens with one attached hydrogen (secondary N) is 1. The van der Waals surface area contributed by atoms with Gasteiger partial charge < -0.3 is 10.1 Å². The summed E-state index contributed by atoms with van der Waals surface area (Å²) in [5.74, 6) is -3.61. The van der Waals surface area contributed by atoms with Crippen molar-refractivity contribution in [2.75, 3.05) is 18.5 Å². The molecule has 21 heavy (non-hydrogen) atoms. The van der Waals surface area contributed by atoms with E-state index in [-0.39, 0.29) is 5.88 Å². The third-order valence-electron chi connectivity index (χ3n) is 2.46. The van der Waals surface area contributed by atoms with Gasteiger partial charge in [0.1, 0.15) is 11.6 Å². The summed E-state index contributed by atoms with van der Waals surface area (Å²) in [6.07, 6.45) is -3.78. The first-order valence-corrected chi connectivity index (χ1v) is 6.48. The van der Waals surface area contributed by atoms with Gasteiger partial charge in [0, 0.05) is 18.0 Å². The van der Waals surface area contributed by atoms with E-state index in [0.717, 1.165) is 0 Å². The topological polar surface area (TPSA) is 47.0 Å². The van der Waals surface area contributed by atoms with Gasteiger partial charge in [0.25, 0.3) is 0 Å². The smallest absolute Gasteiger partial charge is 0.340 e. The summed E-state index contributed by atoms with van der Waals surface area (Å²) in [5.41, 5.74) is -0.436. The molecule has 1 aromatic heterocycles. The molecule has 1 rings (SSSR count). The van der Waals surface area contributed by atoms with E-state index in [4.69, 9.17) is 4.74 Å². The van der Waals surface area contributed by atoms with Crippen LogP contribution in [0.15, 0.2) is 6.07 Å². The van der Waals surface area contributed by atoms with Crippen molar-refractivity contribution in [1.29, 1.82) is 0 Å². The van der Waals surface area contributed by atoms with Crippen molar-refractivity contribution in [2.45, 2.75) is 45.5 Å². The molecule has 0 aliphatic carbocycles. The SMILES string of the molecule is CCNc1cc(OCC(F)(F)C(F)F)nc(C(C)(C)C)n1. The van der Waals surface area contributed by atoms with Crippen LogP contribution in [0, 0.1) is 0 Å². The Morgan fingerprint density at radius 2 is 1.86 bits per heavy atom. The molecular weight excluding hydrogens is 290 g/mol. The fourth-order valence-corrected chi connectivity index (χ4v) is 1.34. The van der Waals surface area contributed by atoms with Crippen LogP contribution in [0.5, 0.6) is 5.88 Å². The van der Waals surface area contributed by atoms with Gasteiger partial charge in [-0.1, -0.05) is 20.8 Å². The van der Waals surface area contributed by atoms with Crippen LogP contribution in [-0.4, -0.2) is 35.5 Å². The number of nitrogens with zero attached hydrogens (tertiary/aromatic N) is 2. The Hall–Kier alpha value is -1.60. The van der Waals surface area contributed by atoms with E-state index in [2.05, 4.69) is 15.3 Å². The van der Waals surface area contributed by atoms with Crippen LogP contribution in [0.4, 0.5) is 23.4 Å². The molecule has 0 saturated carbocycles. The normalized spacial score (nSPS) is 12.6. The highest BCUT2D eigenvalue weighted by Gasteiger charge is 2.42. The molecule has 0 spiro atoms. The predicted octanol–water partition coefficient (Wildman–Crippen LogP) is 3.49. The molecule has 0 aliphatic heterocycles. The summed E-state index contributed by atoms with van der Waals surface area (Å²) in [7, 11) is 0. The van der Waals surface area contributed by atoms with E-state index in [9.17, 15) is 17.6 Å². The quantitative estimate of drug-likeness (QED) is 0.817. The second-order valence-corrected chi connectivity index (χ2v) is 5.55. The molecule has 0 radical (unpaired) electrons. The van der Waals surface area contributed by atoms with E-state index in [1.54, 1.807) is 0 Å². The lowest BCUT2D eigenvalue weighted by Gasteiger charge is -2.20. The van der Waals surface area contributed by atoms with Crippen LogP contribution < -0.4 is 10.1 Å². The molecule has 1 heterocycles. The van der Waals surface area contributed by atoms with Gasteiger partial charge in [-0.15, -0.1) is 0 Å². The number of hydrogen-bond acceptors (Lipinski definition) is 4. The molecule has 0 aliphatic rings. The zero-order chi connectivity index (χ0) is 16.3. The van der Waals surface area contributed by atoms with Gasteiger partial charge in [-0.05, 0) is 6.92 Å². The highest BCUT2D eigenvalue weighted by Crippen LogP contribution is 2.26. The summed E-state index contributed by atoms with van der Waals surface area (Å²) in [4.78, 5) is 8.23. The van der Waals surface area contributed by atoms with Gasteiger partial charge in [0.2, 0.25) is 5.88 Å². The largest absolute Gasteiger partial charge is 0.471 e. The number of aromatic nitrogens is 2. The van der Waals surface area contributed by atoms with Crippen LogP contribution >= 0.6 is 0 Å². The Kier molecular flexibility index (Phi) is 5.36. The van der Waals surface area contributed by atoms with E-state index in [1.165, 1.54) is 6.07 Å². The van der Waals surface area contributed by atoms with Gasteiger partial charge >= 0.3 is 12.3 Å². The molecule has 0 amide bonds. The van der Waals surface area contributed by atoms with Crippen molar-refractivity contribution < 1.29 is 22.3 Å². The Morgan fingerprint density at radius 1 is 1.24 bits per heavy atom. The van der Waals surface area contributed by atoms with Gasteiger partial charge in [0.15, 0.2) is 6.61 Å². The molecule has 4 nitrogen and oxygen atoms in total. The molecule has 1 N–H and O–H groups in total. The Bertz CT molecular complexity index is 475. The third kappa shape index (κ3) is 5.02. The molecule has 1 aromatic rings. The van der Waals surface area contributed by atoms with Crippen LogP contribution in [-0.2, 0) is 5.41 Å². The fraction of sp³-hybridized carbons (Fsp3) is 0.692. The molecule has 0 unspecified atom stereocenters. The lowest BCUT2D eigenvalue weighted by Crippen LogP contribution is -2.34. The van der Waals surface area contributed by atoms with Crippen LogP contribution in [0.3, 0.4) is 0 Å². The van der Waals surface area contributed by atoms with Crippen molar-refractivity contribution >= 4 is 5.82 Å². The molecule has 0 fully saturated rings. The zero-order valence-electron chi connectivity index (χ0n) is 12.4. The highest BCUT2D eigenvalue weighted by molar-refractivity contribution is 5.39. The van der Waals surface area contributed by atoms with E-state index in [0.29, 0.717) is 18.2 Å².